The molecule has 1 aliphatic rings. The fourth-order valence-corrected chi connectivity index (χ4v) is 5.50. The molecule has 1 aliphatic heterocycles. The van der Waals surface area contributed by atoms with Crippen LogP contribution in [0.5, 0.6) is 0 Å². The van der Waals surface area contributed by atoms with Crippen molar-refractivity contribution in [2.24, 2.45) is 0 Å². The Hall–Kier alpha value is -3.05. The van der Waals surface area contributed by atoms with E-state index < -0.39 is 46.8 Å². The molecule has 3 aromatic carbocycles. The summed E-state index contributed by atoms with van der Waals surface area (Å²) >= 11 is 12.0. The topological polar surface area (TPSA) is 64.3 Å². The average molecular weight is 519 g/mol. The van der Waals surface area contributed by atoms with Crippen molar-refractivity contribution in [2.45, 2.75) is 36.9 Å². The van der Waals surface area contributed by atoms with Crippen LogP contribution in [0, 0.1) is 28.8 Å². The highest BCUT2D eigenvalue weighted by Crippen LogP contribution is 2.54. The first kappa shape index (κ1) is 25.1. The first-order valence-corrected chi connectivity index (χ1v) is 11.4. The Morgan fingerprint density at radius 1 is 1.09 bits per heavy atom. The molecule has 1 heterocycles. The SMILES string of the molecule is CC1N(Cc2ccccc2F)[C@@H](C(=O)O)[C@H](c2cccc(Cl)c2F)[C@@]1(C#N)c1ccc(Cl)cc1F. The van der Waals surface area contributed by atoms with Crippen LogP contribution in [0.25, 0.3) is 0 Å². The summed E-state index contributed by atoms with van der Waals surface area (Å²) < 4.78 is 45.3. The number of carboxylic acids is 1. The highest BCUT2D eigenvalue weighted by atomic mass is 35.5. The molecule has 1 fully saturated rings. The molecular formula is C26H19Cl2F3N2O2. The Morgan fingerprint density at radius 2 is 1.80 bits per heavy atom. The van der Waals surface area contributed by atoms with Crippen molar-refractivity contribution >= 4 is 29.2 Å². The highest BCUT2D eigenvalue weighted by molar-refractivity contribution is 6.31. The van der Waals surface area contributed by atoms with Crippen molar-refractivity contribution in [2.75, 3.05) is 0 Å². The summed E-state index contributed by atoms with van der Waals surface area (Å²) in [6.45, 7) is 1.35. The summed E-state index contributed by atoms with van der Waals surface area (Å²) in [4.78, 5) is 14.1. The summed E-state index contributed by atoms with van der Waals surface area (Å²) in [5.74, 6) is -5.07. The van der Waals surface area contributed by atoms with Crippen LogP contribution in [0.2, 0.25) is 10.0 Å². The van der Waals surface area contributed by atoms with E-state index >= 15 is 8.78 Å². The molecule has 4 atom stereocenters. The second-order valence-electron chi connectivity index (χ2n) is 8.45. The monoisotopic (exact) mass is 518 g/mol. The van der Waals surface area contributed by atoms with E-state index in [1.54, 1.807) is 13.0 Å². The Kier molecular flexibility index (Phi) is 6.83. The van der Waals surface area contributed by atoms with Crippen LogP contribution in [0.1, 0.15) is 29.5 Å². The Morgan fingerprint density at radius 3 is 2.43 bits per heavy atom. The maximum atomic E-state index is 15.4. The van der Waals surface area contributed by atoms with Gasteiger partial charge in [0.2, 0.25) is 0 Å². The first-order chi connectivity index (χ1) is 16.6. The largest absolute Gasteiger partial charge is 0.480 e. The zero-order chi connectivity index (χ0) is 25.5. The molecule has 9 heteroatoms. The Bertz CT molecular complexity index is 1350. The molecule has 1 unspecified atom stereocenters. The summed E-state index contributed by atoms with van der Waals surface area (Å²) in [6, 6.07) is 13.2. The molecule has 3 aromatic rings. The summed E-state index contributed by atoms with van der Waals surface area (Å²) in [5, 5.41) is 20.7. The van der Waals surface area contributed by atoms with Gasteiger partial charge < -0.3 is 5.11 Å². The van der Waals surface area contributed by atoms with Crippen molar-refractivity contribution in [1.29, 1.82) is 5.26 Å². The lowest BCUT2D eigenvalue weighted by atomic mass is 9.65. The maximum absolute atomic E-state index is 15.4. The van der Waals surface area contributed by atoms with Gasteiger partial charge in [0.15, 0.2) is 0 Å². The highest BCUT2D eigenvalue weighted by Gasteiger charge is 2.63. The third-order valence-corrected chi connectivity index (χ3v) is 7.29. The average Bonchev–Trinajstić information content (AvgIpc) is 3.06. The summed E-state index contributed by atoms with van der Waals surface area (Å²) in [5.41, 5.74) is -1.98. The molecule has 0 amide bonds. The van der Waals surface area contributed by atoms with Gasteiger partial charge in [-0.2, -0.15) is 5.26 Å². The molecule has 0 spiro atoms. The second-order valence-corrected chi connectivity index (χ2v) is 9.29. The van der Waals surface area contributed by atoms with Gasteiger partial charge in [-0.1, -0.05) is 59.6 Å². The number of rotatable bonds is 5. The standard InChI is InChI=1S/C26H19Cl2F3N2O2/c1-14-26(13-32,18-10-9-16(27)11-21(18)30)22(17-6-4-7-19(28)23(17)31)24(25(34)35)33(14)12-15-5-2-3-8-20(15)29/h2-11,14,22,24H,12H2,1H3,(H,34,35)/t14?,22-,24+,26+/m0/s1. The molecule has 1 saturated heterocycles. The third-order valence-electron chi connectivity index (χ3n) is 6.76. The van der Waals surface area contributed by atoms with Gasteiger partial charge in [-0.3, -0.25) is 9.69 Å². The molecule has 1 N–H and O–H groups in total. The van der Waals surface area contributed by atoms with Crippen molar-refractivity contribution in [3.63, 3.8) is 0 Å². The van der Waals surface area contributed by atoms with Gasteiger partial charge in [0.05, 0.1) is 11.1 Å². The third kappa shape index (κ3) is 4.06. The van der Waals surface area contributed by atoms with E-state index in [9.17, 15) is 19.6 Å². The van der Waals surface area contributed by atoms with Crippen LogP contribution in [-0.2, 0) is 16.8 Å². The zero-order valence-corrected chi connectivity index (χ0v) is 19.9. The number of halogens is 5. The smallest absolute Gasteiger partial charge is 0.321 e. The molecule has 0 saturated carbocycles. The molecule has 4 nitrogen and oxygen atoms in total. The number of carboxylic acid groups (broad SMARTS) is 1. The molecule has 0 aliphatic carbocycles. The van der Waals surface area contributed by atoms with Gasteiger partial charge in [0.1, 0.15) is 28.9 Å². The van der Waals surface area contributed by atoms with Crippen molar-refractivity contribution in [1.82, 2.24) is 4.90 Å². The van der Waals surface area contributed by atoms with Crippen molar-refractivity contribution in [3.05, 3.63) is 105 Å². The van der Waals surface area contributed by atoms with E-state index in [0.717, 1.165) is 6.07 Å². The quantitative estimate of drug-likeness (QED) is 0.429. The molecule has 35 heavy (non-hydrogen) atoms. The number of benzene rings is 3. The van der Waals surface area contributed by atoms with E-state index in [2.05, 4.69) is 6.07 Å². The lowest BCUT2D eigenvalue weighted by Gasteiger charge is -2.34. The lowest BCUT2D eigenvalue weighted by molar-refractivity contribution is -0.143. The number of likely N-dealkylation sites (tertiary alicyclic amines) is 1. The fourth-order valence-electron chi connectivity index (χ4n) is 5.16. The number of hydrogen-bond donors (Lipinski definition) is 1. The van der Waals surface area contributed by atoms with Crippen molar-refractivity contribution < 1.29 is 23.1 Å². The van der Waals surface area contributed by atoms with Crippen LogP contribution >= 0.6 is 23.2 Å². The minimum Gasteiger partial charge on any atom is -0.480 e. The van der Waals surface area contributed by atoms with Gasteiger partial charge >= 0.3 is 5.97 Å². The lowest BCUT2D eigenvalue weighted by Crippen LogP contribution is -2.42. The van der Waals surface area contributed by atoms with E-state index in [1.165, 1.54) is 53.4 Å². The van der Waals surface area contributed by atoms with E-state index in [4.69, 9.17) is 23.2 Å². The van der Waals surface area contributed by atoms with Crippen LogP contribution in [0.4, 0.5) is 13.2 Å². The number of nitrogens with zero attached hydrogens (tertiary/aromatic N) is 2. The van der Waals surface area contributed by atoms with Gasteiger partial charge in [-0.15, -0.1) is 0 Å². The first-order valence-electron chi connectivity index (χ1n) is 10.7. The van der Waals surface area contributed by atoms with Crippen LogP contribution in [0.3, 0.4) is 0 Å². The maximum Gasteiger partial charge on any atom is 0.321 e. The predicted molar refractivity (Wildman–Crippen MR) is 126 cm³/mol. The second kappa shape index (κ2) is 9.54. The van der Waals surface area contributed by atoms with Gasteiger partial charge in [0.25, 0.3) is 0 Å². The van der Waals surface area contributed by atoms with E-state index in [1.807, 2.05) is 0 Å². The molecular weight excluding hydrogens is 500 g/mol. The Labute approximate surface area is 210 Å². The minimum atomic E-state index is -1.88. The fraction of sp³-hybridized carbons (Fsp3) is 0.231. The molecule has 0 aromatic heterocycles. The number of aliphatic carboxylic acids is 1. The van der Waals surface area contributed by atoms with E-state index in [-0.39, 0.29) is 33.3 Å². The Balaban J connectivity index is 2.03. The number of carbonyl (C=O) groups is 1. The van der Waals surface area contributed by atoms with Gasteiger partial charge in [0, 0.05) is 34.7 Å². The minimum absolute atomic E-state index is 0.0773. The van der Waals surface area contributed by atoms with E-state index in [0.29, 0.717) is 0 Å². The van der Waals surface area contributed by atoms with Gasteiger partial charge in [-0.25, -0.2) is 13.2 Å². The van der Waals surface area contributed by atoms with Gasteiger partial charge in [-0.05, 0) is 36.8 Å². The molecule has 0 radical (unpaired) electrons. The number of hydrogen-bond acceptors (Lipinski definition) is 3. The summed E-state index contributed by atoms with van der Waals surface area (Å²) in [6.07, 6.45) is 0. The normalized spacial score (nSPS) is 24.3. The summed E-state index contributed by atoms with van der Waals surface area (Å²) in [7, 11) is 0. The number of nitriles is 1. The van der Waals surface area contributed by atoms with Crippen molar-refractivity contribution in [3.8, 4) is 6.07 Å². The molecule has 4 rings (SSSR count). The molecule has 180 valence electrons. The van der Waals surface area contributed by atoms with Crippen LogP contribution in [-0.4, -0.2) is 28.1 Å². The molecule has 0 bridgehead atoms. The predicted octanol–water partition coefficient (Wildman–Crippen LogP) is 6.31. The zero-order valence-electron chi connectivity index (χ0n) is 18.4. The van der Waals surface area contributed by atoms with Crippen LogP contribution in [0.15, 0.2) is 60.7 Å². The van der Waals surface area contributed by atoms with Crippen LogP contribution < -0.4 is 0 Å².